The van der Waals surface area contributed by atoms with Gasteiger partial charge in [0.15, 0.2) is 5.82 Å². The molecule has 0 aliphatic carbocycles. The van der Waals surface area contributed by atoms with Gasteiger partial charge >= 0.3 is 6.03 Å². The van der Waals surface area contributed by atoms with Crippen molar-refractivity contribution >= 4 is 11.8 Å². The van der Waals surface area contributed by atoms with Crippen LogP contribution in [0.15, 0.2) is 54.6 Å². The van der Waals surface area contributed by atoms with Crippen LogP contribution in [0, 0.1) is 13.8 Å². The summed E-state index contributed by atoms with van der Waals surface area (Å²) in [7, 11) is 0. The first kappa shape index (κ1) is 22.8. The van der Waals surface area contributed by atoms with Gasteiger partial charge in [0.2, 0.25) is 0 Å². The molecule has 6 nitrogen and oxygen atoms in total. The summed E-state index contributed by atoms with van der Waals surface area (Å²) in [6, 6.07) is 18.9. The molecule has 3 aromatic rings. The average molecular weight is 444 g/mol. The number of hydrogen-bond acceptors (Lipinski definition) is 4. The lowest BCUT2D eigenvalue weighted by Gasteiger charge is -2.36. The summed E-state index contributed by atoms with van der Waals surface area (Å²) in [4.78, 5) is 26.6. The van der Waals surface area contributed by atoms with Crippen LogP contribution in [-0.4, -0.2) is 53.1 Å². The Labute approximate surface area is 196 Å². The van der Waals surface area contributed by atoms with Gasteiger partial charge in [-0.05, 0) is 33.3 Å². The Balaban J connectivity index is 1.64. The molecule has 1 saturated heterocycles. The molecular formula is C27H33N5O. The summed E-state index contributed by atoms with van der Waals surface area (Å²) in [5, 5.41) is 3.00. The topological polar surface area (TPSA) is 61.4 Å². The van der Waals surface area contributed by atoms with Crippen LogP contribution < -0.4 is 10.2 Å². The maximum Gasteiger partial charge on any atom is 0.317 e. The molecule has 1 aliphatic heterocycles. The molecule has 2 heterocycles. The van der Waals surface area contributed by atoms with E-state index in [1.807, 2.05) is 49.1 Å². The number of nitrogens with zero attached hydrogens (tertiary/aromatic N) is 4. The van der Waals surface area contributed by atoms with Gasteiger partial charge in [0.1, 0.15) is 5.82 Å². The van der Waals surface area contributed by atoms with Crippen LogP contribution in [0.1, 0.15) is 36.2 Å². The Hall–Kier alpha value is -3.41. The largest absolute Gasteiger partial charge is 0.353 e. The van der Waals surface area contributed by atoms with Crippen molar-refractivity contribution in [2.45, 2.75) is 40.2 Å². The zero-order chi connectivity index (χ0) is 23.4. The van der Waals surface area contributed by atoms with Crippen molar-refractivity contribution in [3.63, 3.8) is 0 Å². The van der Waals surface area contributed by atoms with E-state index >= 15 is 0 Å². The third-order valence-electron chi connectivity index (χ3n) is 6.00. The molecule has 0 bridgehead atoms. The van der Waals surface area contributed by atoms with Crippen LogP contribution in [-0.2, 0) is 6.42 Å². The minimum Gasteiger partial charge on any atom is -0.353 e. The molecule has 1 aromatic heterocycles. The number of benzene rings is 2. The SMILES string of the molecule is Cc1ccc(Cc2c(C)nc(-c3ccccc3)nc2N2CCN(C(=O)NC(C)C)CC2)cc1. The van der Waals surface area contributed by atoms with Gasteiger partial charge < -0.3 is 15.1 Å². The number of aromatic nitrogens is 2. The summed E-state index contributed by atoms with van der Waals surface area (Å²) in [5.41, 5.74) is 5.66. The third-order valence-corrected chi connectivity index (χ3v) is 6.00. The number of carbonyl (C=O) groups excluding carboxylic acids is 1. The molecule has 1 fully saturated rings. The molecule has 0 radical (unpaired) electrons. The molecule has 33 heavy (non-hydrogen) atoms. The lowest BCUT2D eigenvalue weighted by molar-refractivity contribution is 0.191. The highest BCUT2D eigenvalue weighted by Crippen LogP contribution is 2.28. The first-order valence-corrected chi connectivity index (χ1v) is 11.7. The fourth-order valence-corrected chi connectivity index (χ4v) is 4.14. The molecule has 2 amide bonds. The number of rotatable bonds is 5. The number of amides is 2. The number of anilines is 1. The zero-order valence-corrected chi connectivity index (χ0v) is 20.0. The average Bonchev–Trinajstić information content (AvgIpc) is 2.82. The smallest absolute Gasteiger partial charge is 0.317 e. The maximum atomic E-state index is 12.5. The van der Waals surface area contributed by atoms with Crippen molar-refractivity contribution in [3.8, 4) is 11.4 Å². The number of carbonyl (C=O) groups is 1. The van der Waals surface area contributed by atoms with Crippen molar-refractivity contribution in [1.82, 2.24) is 20.2 Å². The van der Waals surface area contributed by atoms with Crippen LogP contribution in [0.2, 0.25) is 0 Å². The van der Waals surface area contributed by atoms with E-state index in [4.69, 9.17) is 9.97 Å². The molecule has 1 aliphatic rings. The Bertz CT molecular complexity index is 1090. The van der Waals surface area contributed by atoms with E-state index in [1.165, 1.54) is 11.1 Å². The quantitative estimate of drug-likeness (QED) is 0.626. The molecular weight excluding hydrogens is 410 g/mol. The van der Waals surface area contributed by atoms with E-state index < -0.39 is 0 Å². The highest BCUT2D eigenvalue weighted by atomic mass is 16.2. The normalized spacial score (nSPS) is 14.0. The minimum atomic E-state index is 0.00775. The molecule has 0 atom stereocenters. The monoisotopic (exact) mass is 443 g/mol. The molecule has 4 rings (SSSR count). The Morgan fingerprint density at radius 3 is 2.24 bits per heavy atom. The van der Waals surface area contributed by atoms with Crippen molar-refractivity contribution in [1.29, 1.82) is 0 Å². The summed E-state index contributed by atoms with van der Waals surface area (Å²) >= 11 is 0. The van der Waals surface area contributed by atoms with Gasteiger partial charge in [-0.15, -0.1) is 0 Å². The predicted octanol–water partition coefficient (Wildman–Crippen LogP) is 4.59. The second-order valence-electron chi connectivity index (χ2n) is 9.04. The van der Waals surface area contributed by atoms with Crippen molar-refractivity contribution in [2.75, 3.05) is 31.1 Å². The van der Waals surface area contributed by atoms with Crippen LogP contribution in [0.5, 0.6) is 0 Å². The van der Waals surface area contributed by atoms with Gasteiger partial charge in [-0.3, -0.25) is 0 Å². The molecule has 0 spiro atoms. The second kappa shape index (κ2) is 10.0. The zero-order valence-electron chi connectivity index (χ0n) is 20.0. The van der Waals surface area contributed by atoms with Crippen LogP contribution >= 0.6 is 0 Å². The number of piperazine rings is 1. The van der Waals surface area contributed by atoms with Crippen LogP contribution in [0.4, 0.5) is 10.6 Å². The summed E-state index contributed by atoms with van der Waals surface area (Å²) in [6.45, 7) is 11.0. The molecule has 0 saturated carbocycles. The molecule has 2 aromatic carbocycles. The van der Waals surface area contributed by atoms with Gasteiger partial charge in [-0.25, -0.2) is 14.8 Å². The lowest BCUT2D eigenvalue weighted by atomic mass is 10.0. The van der Waals surface area contributed by atoms with Crippen LogP contribution in [0.25, 0.3) is 11.4 Å². The predicted molar refractivity (Wildman–Crippen MR) is 134 cm³/mol. The van der Waals surface area contributed by atoms with E-state index in [-0.39, 0.29) is 12.1 Å². The third kappa shape index (κ3) is 5.51. The first-order valence-electron chi connectivity index (χ1n) is 11.7. The number of nitrogens with one attached hydrogen (secondary N) is 1. The van der Waals surface area contributed by atoms with Crippen LogP contribution in [0.3, 0.4) is 0 Å². The maximum absolute atomic E-state index is 12.5. The minimum absolute atomic E-state index is 0.00775. The van der Waals surface area contributed by atoms with Gasteiger partial charge in [-0.2, -0.15) is 0 Å². The van der Waals surface area contributed by atoms with Gasteiger partial charge in [0, 0.05) is 55.5 Å². The molecule has 6 heteroatoms. The van der Waals surface area contributed by atoms with E-state index in [9.17, 15) is 4.79 Å². The van der Waals surface area contributed by atoms with E-state index in [2.05, 4.69) is 48.3 Å². The number of aryl methyl sites for hydroxylation is 2. The summed E-state index contributed by atoms with van der Waals surface area (Å²) in [6.07, 6.45) is 0.782. The summed E-state index contributed by atoms with van der Waals surface area (Å²) < 4.78 is 0. The number of urea groups is 1. The fraction of sp³-hybridized carbons (Fsp3) is 0.370. The second-order valence-corrected chi connectivity index (χ2v) is 9.04. The molecule has 172 valence electrons. The summed E-state index contributed by atoms with van der Waals surface area (Å²) in [5.74, 6) is 1.72. The highest BCUT2D eigenvalue weighted by Gasteiger charge is 2.25. The lowest BCUT2D eigenvalue weighted by Crippen LogP contribution is -2.53. The molecule has 1 N–H and O–H groups in total. The van der Waals surface area contributed by atoms with E-state index in [0.29, 0.717) is 13.1 Å². The highest BCUT2D eigenvalue weighted by molar-refractivity contribution is 5.75. The Morgan fingerprint density at radius 2 is 1.61 bits per heavy atom. The standard InChI is InChI=1S/C27H33N5O/c1-19(2)28-27(33)32-16-14-31(15-17-32)26-24(18-22-12-10-20(3)11-13-22)21(4)29-25(30-26)23-8-6-5-7-9-23/h5-13,19H,14-18H2,1-4H3,(H,28,33). The van der Waals surface area contributed by atoms with Crippen molar-refractivity contribution in [3.05, 3.63) is 77.0 Å². The van der Waals surface area contributed by atoms with Gasteiger partial charge in [0.05, 0.1) is 0 Å². The van der Waals surface area contributed by atoms with Crippen molar-refractivity contribution in [2.24, 2.45) is 0 Å². The Morgan fingerprint density at radius 1 is 0.939 bits per heavy atom. The fourth-order valence-electron chi connectivity index (χ4n) is 4.14. The Kier molecular flexibility index (Phi) is 6.92. The van der Waals surface area contributed by atoms with E-state index in [0.717, 1.165) is 48.0 Å². The van der Waals surface area contributed by atoms with Gasteiger partial charge in [-0.1, -0.05) is 60.2 Å². The number of hydrogen-bond donors (Lipinski definition) is 1. The van der Waals surface area contributed by atoms with Gasteiger partial charge in [0.25, 0.3) is 0 Å². The molecule has 0 unspecified atom stereocenters. The van der Waals surface area contributed by atoms with E-state index in [1.54, 1.807) is 0 Å². The van der Waals surface area contributed by atoms with Crippen molar-refractivity contribution < 1.29 is 4.79 Å². The first-order chi connectivity index (χ1) is 15.9.